The van der Waals surface area contributed by atoms with Crippen molar-refractivity contribution in [3.8, 4) is 0 Å². The van der Waals surface area contributed by atoms with Crippen molar-refractivity contribution in [2.45, 2.75) is 37.8 Å². The maximum atomic E-state index is 12.1. The molecule has 1 aliphatic rings. The van der Waals surface area contributed by atoms with Gasteiger partial charge in [0.25, 0.3) is 0 Å². The van der Waals surface area contributed by atoms with Crippen LogP contribution in [-0.2, 0) is 4.79 Å². The third-order valence-electron chi connectivity index (χ3n) is 3.82. The first-order chi connectivity index (χ1) is 8.96. The summed E-state index contributed by atoms with van der Waals surface area (Å²) in [7, 11) is 1.69. The largest absolute Gasteiger partial charge is 0.480 e. The van der Waals surface area contributed by atoms with Gasteiger partial charge < -0.3 is 15.3 Å². The molecule has 1 atom stereocenters. The molecule has 1 fully saturated rings. The molecule has 6 heteroatoms. The van der Waals surface area contributed by atoms with Gasteiger partial charge in [-0.1, -0.05) is 6.07 Å². The van der Waals surface area contributed by atoms with E-state index in [1.807, 2.05) is 24.4 Å². The van der Waals surface area contributed by atoms with Gasteiger partial charge in [-0.2, -0.15) is 0 Å². The van der Waals surface area contributed by atoms with Crippen molar-refractivity contribution in [1.29, 1.82) is 0 Å². The zero-order valence-corrected chi connectivity index (χ0v) is 11.9. The zero-order valence-electron chi connectivity index (χ0n) is 11.0. The lowest BCUT2D eigenvalue weighted by Gasteiger charge is -2.40. The summed E-state index contributed by atoms with van der Waals surface area (Å²) >= 11 is 1.58. The number of carbonyl (C=O) groups is 2. The minimum atomic E-state index is -1.06. The van der Waals surface area contributed by atoms with Crippen LogP contribution in [0.25, 0.3) is 0 Å². The Bertz CT molecular complexity index is 468. The van der Waals surface area contributed by atoms with Gasteiger partial charge in [-0.05, 0) is 37.6 Å². The van der Waals surface area contributed by atoms with Crippen LogP contribution in [0.1, 0.15) is 37.1 Å². The minimum absolute atomic E-state index is 0.0640. The van der Waals surface area contributed by atoms with Crippen LogP contribution in [0.5, 0.6) is 0 Å². The van der Waals surface area contributed by atoms with E-state index in [2.05, 4.69) is 5.32 Å². The molecule has 1 saturated carbocycles. The van der Waals surface area contributed by atoms with Gasteiger partial charge in [0.2, 0.25) is 0 Å². The lowest BCUT2D eigenvalue weighted by atomic mass is 9.77. The number of rotatable bonds is 4. The number of amides is 2. The molecule has 1 unspecified atom stereocenters. The van der Waals surface area contributed by atoms with E-state index in [1.165, 1.54) is 0 Å². The molecule has 0 aromatic carbocycles. The number of aliphatic carboxylic acids is 1. The van der Waals surface area contributed by atoms with Crippen LogP contribution in [-0.4, -0.2) is 34.6 Å². The third-order valence-corrected chi connectivity index (χ3v) is 4.86. The summed E-state index contributed by atoms with van der Waals surface area (Å²) in [6.07, 6.45) is 1.86. The van der Waals surface area contributed by atoms with Gasteiger partial charge in [-0.3, -0.25) is 0 Å². The number of hydrogen-bond acceptors (Lipinski definition) is 3. The fourth-order valence-corrected chi connectivity index (χ4v) is 2.94. The first kappa shape index (κ1) is 13.9. The zero-order chi connectivity index (χ0) is 14.0. The number of thiophene rings is 1. The van der Waals surface area contributed by atoms with Gasteiger partial charge in [0.05, 0.1) is 6.04 Å². The highest BCUT2D eigenvalue weighted by atomic mass is 32.1. The number of urea groups is 1. The minimum Gasteiger partial charge on any atom is -0.480 e. The molecular weight excluding hydrogens is 264 g/mol. The van der Waals surface area contributed by atoms with E-state index in [4.69, 9.17) is 0 Å². The molecule has 1 aromatic heterocycles. The normalized spacial score (nSPS) is 18.2. The van der Waals surface area contributed by atoms with E-state index >= 15 is 0 Å². The monoisotopic (exact) mass is 282 g/mol. The van der Waals surface area contributed by atoms with Crippen LogP contribution in [0.15, 0.2) is 17.5 Å². The topological polar surface area (TPSA) is 69.6 Å². The Morgan fingerprint density at radius 3 is 2.63 bits per heavy atom. The van der Waals surface area contributed by atoms with E-state index in [1.54, 1.807) is 23.3 Å². The van der Waals surface area contributed by atoms with Crippen LogP contribution in [0.3, 0.4) is 0 Å². The summed E-state index contributed by atoms with van der Waals surface area (Å²) in [5, 5.41) is 13.8. The summed E-state index contributed by atoms with van der Waals surface area (Å²) in [5.74, 6) is -0.940. The predicted molar refractivity (Wildman–Crippen MR) is 73.2 cm³/mol. The number of carbonyl (C=O) groups excluding carboxylic acids is 1. The summed E-state index contributed by atoms with van der Waals surface area (Å²) in [4.78, 5) is 26.0. The fraction of sp³-hybridized carbons (Fsp3) is 0.538. The Labute approximate surface area is 116 Å². The Morgan fingerprint density at radius 1 is 1.53 bits per heavy atom. The van der Waals surface area contributed by atoms with Crippen molar-refractivity contribution in [3.63, 3.8) is 0 Å². The molecule has 104 valence electrons. The van der Waals surface area contributed by atoms with Crippen molar-refractivity contribution in [3.05, 3.63) is 22.4 Å². The van der Waals surface area contributed by atoms with Crippen molar-refractivity contribution < 1.29 is 14.7 Å². The van der Waals surface area contributed by atoms with Crippen LogP contribution in [0.4, 0.5) is 4.79 Å². The summed E-state index contributed by atoms with van der Waals surface area (Å²) in [5.41, 5.74) is -1.06. The second-order valence-electron chi connectivity index (χ2n) is 4.97. The molecule has 1 aromatic rings. The van der Waals surface area contributed by atoms with Crippen molar-refractivity contribution in [2.24, 2.45) is 0 Å². The number of carboxylic acid groups (broad SMARTS) is 1. The molecular formula is C13H18N2O3S. The average Bonchev–Trinajstić information content (AvgIpc) is 2.84. The molecule has 0 aliphatic heterocycles. The van der Waals surface area contributed by atoms with Crippen LogP contribution >= 0.6 is 11.3 Å². The van der Waals surface area contributed by atoms with Gasteiger partial charge in [0, 0.05) is 11.9 Å². The van der Waals surface area contributed by atoms with E-state index < -0.39 is 11.5 Å². The van der Waals surface area contributed by atoms with Gasteiger partial charge in [-0.15, -0.1) is 11.3 Å². The summed E-state index contributed by atoms with van der Waals surface area (Å²) in [6.45, 7) is 1.93. The van der Waals surface area contributed by atoms with Gasteiger partial charge >= 0.3 is 12.0 Å². The predicted octanol–water partition coefficient (Wildman–Crippen LogP) is 2.46. The van der Waals surface area contributed by atoms with Crippen LogP contribution < -0.4 is 5.32 Å². The highest BCUT2D eigenvalue weighted by molar-refractivity contribution is 7.10. The summed E-state index contributed by atoms with van der Waals surface area (Å²) in [6, 6.07) is 3.51. The highest BCUT2D eigenvalue weighted by Crippen LogP contribution is 2.33. The second-order valence-corrected chi connectivity index (χ2v) is 5.95. The first-order valence-electron chi connectivity index (χ1n) is 6.28. The van der Waals surface area contributed by atoms with E-state index in [0.717, 1.165) is 11.3 Å². The van der Waals surface area contributed by atoms with Crippen LogP contribution in [0, 0.1) is 0 Å². The number of nitrogens with zero attached hydrogens (tertiary/aromatic N) is 1. The van der Waals surface area contributed by atoms with Crippen LogP contribution in [0.2, 0.25) is 0 Å². The lowest BCUT2D eigenvalue weighted by Crippen LogP contribution is -2.61. The number of nitrogens with one attached hydrogen (secondary N) is 1. The average molecular weight is 282 g/mol. The maximum Gasteiger partial charge on any atom is 0.329 e. The molecule has 1 heterocycles. The van der Waals surface area contributed by atoms with Crippen molar-refractivity contribution >= 4 is 23.3 Å². The second kappa shape index (κ2) is 5.21. The van der Waals surface area contributed by atoms with Crippen molar-refractivity contribution in [2.75, 3.05) is 7.05 Å². The molecule has 0 spiro atoms. The van der Waals surface area contributed by atoms with Gasteiger partial charge in [-0.25, -0.2) is 9.59 Å². The Balaban J connectivity index is 2.01. The van der Waals surface area contributed by atoms with E-state index in [0.29, 0.717) is 12.8 Å². The Kier molecular flexibility index (Phi) is 3.80. The van der Waals surface area contributed by atoms with E-state index in [9.17, 15) is 14.7 Å². The standard InChI is InChI=1S/C13H18N2O3S/c1-9(10-5-3-8-19-10)15(2)12(18)14-13(11(16)17)6-4-7-13/h3,5,8-9H,4,6-7H2,1-2H3,(H,14,18)(H,16,17). The van der Waals surface area contributed by atoms with E-state index in [-0.39, 0.29) is 12.1 Å². The maximum absolute atomic E-state index is 12.1. The molecule has 2 amide bonds. The van der Waals surface area contributed by atoms with Crippen molar-refractivity contribution in [1.82, 2.24) is 10.2 Å². The highest BCUT2D eigenvalue weighted by Gasteiger charge is 2.46. The lowest BCUT2D eigenvalue weighted by molar-refractivity contribution is -0.148. The molecule has 0 saturated heterocycles. The fourth-order valence-electron chi connectivity index (χ4n) is 2.11. The quantitative estimate of drug-likeness (QED) is 0.891. The van der Waals surface area contributed by atoms with Gasteiger partial charge in [0.1, 0.15) is 5.54 Å². The SMILES string of the molecule is CC(c1cccs1)N(C)C(=O)NC1(C(=O)O)CCC1. The molecule has 5 nitrogen and oxygen atoms in total. The first-order valence-corrected chi connectivity index (χ1v) is 7.16. The Hall–Kier alpha value is -1.56. The number of carboxylic acids is 1. The molecule has 0 bridgehead atoms. The molecule has 19 heavy (non-hydrogen) atoms. The van der Waals surface area contributed by atoms with Gasteiger partial charge in [0.15, 0.2) is 0 Å². The smallest absolute Gasteiger partial charge is 0.329 e. The third kappa shape index (κ3) is 2.58. The number of hydrogen-bond donors (Lipinski definition) is 2. The molecule has 0 radical (unpaired) electrons. The Morgan fingerprint density at radius 2 is 2.21 bits per heavy atom. The summed E-state index contributed by atoms with van der Waals surface area (Å²) < 4.78 is 0. The molecule has 2 rings (SSSR count). The molecule has 1 aliphatic carbocycles. The molecule has 2 N–H and O–H groups in total.